The van der Waals surface area contributed by atoms with Crippen molar-refractivity contribution in [3.8, 4) is 134 Å². The molecule has 0 radical (unpaired) electrons. The van der Waals surface area contributed by atoms with E-state index in [4.69, 9.17) is 9.97 Å². The highest BCUT2D eigenvalue weighted by Crippen LogP contribution is 2.53. The molecule has 0 atom stereocenters. The molecular weight excluding hydrogens is 1980 g/mol. The molecule has 3 aromatic heterocycles. The van der Waals surface area contributed by atoms with Gasteiger partial charge in [-0.3, -0.25) is 0 Å². The van der Waals surface area contributed by atoms with Crippen molar-refractivity contribution in [1.29, 1.82) is 0 Å². The molecule has 2 aliphatic rings. The molecule has 12 aromatic carbocycles. The summed E-state index contributed by atoms with van der Waals surface area (Å²) in [6.45, 7) is 45.0. The Kier molecular flexibility index (Phi) is 26.6. The van der Waals surface area contributed by atoms with E-state index in [1.165, 1.54) is 0 Å². The monoisotopic (exact) mass is 2090 g/mol. The summed E-state index contributed by atoms with van der Waals surface area (Å²) in [5.74, 6) is -18.2. The van der Waals surface area contributed by atoms with Crippen LogP contribution in [-0.2, 0) is 0 Å². The van der Waals surface area contributed by atoms with E-state index >= 15 is 70.2 Å². The van der Waals surface area contributed by atoms with E-state index < -0.39 is 202 Å². The van der Waals surface area contributed by atoms with Gasteiger partial charge in [0.15, 0.2) is 0 Å². The van der Waals surface area contributed by atoms with Crippen LogP contribution in [0.4, 0.5) is 70.2 Å². The van der Waals surface area contributed by atoms with Crippen molar-refractivity contribution in [2.45, 2.75) is 157 Å². The number of hydrogen-bond donors (Lipinski definition) is 2. The molecule has 4 nitrogen and oxygen atoms in total. The van der Waals surface area contributed by atoms with E-state index in [2.05, 4.69) is 9.97 Å². The summed E-state index contributed by atoms with van der Waals surface area (Å²) >= 11 is 0. The normalized spacial score (nSPS) is 12.9. The number of benzene rings is 12. The standard InChI is InChI=1S/C116H110F16N4Si8/c1-137(2,3)61-37-41-65(69(53-61)73-57-85(125)113(141(13,14)15)109(129)101(73)105-77(117)29-25-30-78(105)118)97-89-45-47-91(133-89)98(66-42-38-62(138(4,5)6)54-70(66)74-58-86(126)114(142(16,17)18)110(130)102(74)106-79(119)31-26-32-80(106)120)93-49-51-95(135-93)100(68-44-40-64(140(10,11)12)56-72(68)76-60-88(128)116(144(22,23)24)112(132)104(76)108-83(123)35-28-36-84(108)124)96-52-50-94(136-96)99(92-48-46-90(97)134-92)67-43-39-63(139(7,8)9)55-71(67)75-59-87(127)115(143(19,20)21)111(131)103(75)107-81(121)33-27-34-82(107)122/h25-60,133,136H,1-24H3. The lowest BCUT2D eigenvalue weighted by Gasteiger charge is -2.25. The predicted octanol–water partition coefficient (Wildman–Crippen LogP) is 31.2. The van der Waals surface area contributed by atoms with Gasteiger partial charge in [-0.1, -0.05) is 275 Å². The van der Waals surface area contributed by atoms with Crippen LogP contribution in [0.1, 0.15) is 22.8 Å². The zero-order chi connectivity index (χ0) is 105. The Labute approximate surface area is 837 Å². The number of fused-ring (bicyclic) bond motifs is 8. The molecule has 738 valence electrons. The van der Waals surface area contributed by atoms with Gasteiger partial charge in [-0.15, -0.1) is 0 Å². The van der Waals surface area contributed by atoms with Crippen LogP contribution in [0.2, 0.25) is 157 Å². The third-order valence-corrected chi connectivity index (χ3v) is 43.3. The molecule has 15 aromatic rings. The molecule has 5 heterocycles. The molecule has 28 heteroatoms. The summed E-state index contributed by atoms with van der Waals surface area (Å²) in [6.07, 6.45) is 6.61. The van der Waals surface area contributed by atoms with Gasteiger partial charge in [0.25, 0.3) is 0 Å². The van der Waals surface area contributed by atoms with Gasteiger partial charge in [-0.25, -0.2) is 80.2 Å². The van der Waals surface area contributed by atoms with E-state index in [0.717, 1.165) is 97.1 Å². The highest BCUT2D eigenvalue weighted by atomic mass is 28.3. The molecular formula is C116H110F16N4Si8. The van der Waals surface area contributed by atoms with Crippen molar-refractivity contribution < 1.29 is 70.2 Å². The Bertz CT molecular complexity index is 7170. The number of halogens is 16. The third kappa shape index (κ3) is 18.7. The summed E-state index contributed by atoms with van der Waals surface area (Å²) in [4.78, 5) is 19.0. The van der Waals surface area contributed by atoms with Crippen LogP contribution < -0.4 is 41.5 Å². The van der Waals surface area contributed by atoms with Crippen molar-refractivity contribution in [1.82, 2.24) is 19.9 Å². The first-order valence-electron chi connectivity index (χ1n) is 47.8. The lowest BCUT2D eigenvalue weighted by molar-refractivity contribution is 0.577. The van der Waals surface area contributed by atoms with Gasteiger partial charge in [0.05, 0.1) is 110 Å². The summed E-state index contributed by atoms with van der Waals surface area (Å²) in [7, 11) is -23.4. The molecule has 0 saturated carbocycles. The van der Waals surface area contributed by atoms with Crippen LogP contribution in [0, 0.1) is 93.1 Å². The molecule has 0 aliphatic carbocycles. The minimum atomic E-state index is -3.18. The Balaban J connectivity index is 1.15. The van der Waals surface area contributed by atoms with Crippen molar-refractivity contribution in [3.63, 3.8) is 0 Å². The smallest absolute Gasteiger partial charge is 0.134 e. The van der Waals surface area contributed by atoms with Crippen LogP contribution >= 0.6 is 0 Å². The third-order valence-electron chi connectivity index (χ3n) is 27.3. The van der Waals surface area contributed by atoms with E-state index in [0.29, 0.717) is 20.7 Å². The number of hydrogen-bond acceptors (Lipinski definition) is 2. The number of nitrogens with zero attached hydrogens (tertiary/aromatic N) is 2. The van der Waals surface area contributed by atoms with E-state index in [-0.39, 0.29) is 155 Å². The summed E-state index contributed by atoms with van der Waals surface area (Å²) in [6, 6.07) is 44.9. The van der Waals surface area contributed by atoms with Gasteiger partial charge < -0.3 is 9.97 Å². The lowest BCUT2D eigenvalue weighted by Crippen LogP contribution is -2.43. The number of nitrogens with one attached hydrogen (secondary N) is 2. The second-order valence-corrected chi connectivity index (χ2v) is 86.1. The fourth-order valence-electron chi connectivity index (χ4n) is 20.1. The fraction of sp³-hybridized carbons (Fsp3) is 0.207. The van der Waals surface area contributed by atoms with Crippen LogP contribution in [0.3, 0.4) is 0 Å². The molecule has 2 N–H and O–H groups in total. The Morgan fingerprint density at radius 2 is 0.340 bits per heavy atom. The van der Waals surface area contributed by atoms with Gasteiger partial charge in [0.2, 0.25) is 0 Å². The van der Waals surface area contributed by atoms with Gasteiger partial charge in [-0.05, 0) is 188 Å². The van der Waals surface area contributed by atoms with Gasteiger partial charge in [-0.2, -0.15) is 0 Å². The molecule has 17 rings (SSSR count). The van der Waals surface area contributed by atoms with Gasteiger partial charge >= 0.3 is 0 Å². The van der Waals surface area contributed by atoms with Crippen LogP contribution in [0.25, 0.3) is 180 Å². The van der Waals surface area contributed by atoms with Crippen molar-refractivity contribution in [2.75, 3.05) is 0 Å². The Hall–Kier alpha value is -12.1. The van der Waals surface area contributed by atoms with Gasteiger partial charge in [0.1, 0.15) is 93.1 Å². The number of aromatic nitrogens is 4. The molecule has 2 aliphatic heterocycles. The Morgan fingerprint density at radius 1 is 0.167 bits per heavy atom. The van der Waals surface area contributed by atoms with E-state index in [1.54, 1.807) is 176 Å². The number of rotatable bonds is 20. The van der Waals surface area contributed by atoms with E-state index in [9.17, 15) is 0 Å². The van der Waals surface area contributed by atoms with Crippen molar-refractivity contribution >= 4 is 152 Å². The lowest BCUT2D eigenvalue weighted by atomic mass is 9.88. The maximum atomic E-state index is 18.9. The quantitative estimate of drug-likeness (QED) is 0.0590. The first-order valence-corrected chi connectivity index (χ1v) is 75.8. The zero-order valence-corrected chi connectivity index (χ0v) is 92.7. The van der Waals surface area contributed by atoms with Crippen molar-refractivity contribution in [2.24, 2.45) is 0 Å². The number of H-pyrrole nitrogens is 2. The molecule has 0 saturated heterocycles. The topological polar surface area (TPSA) is 57.4 Å². The summed E-state index contributed by atoms with van der Waals surface area (Å²) in [5.41, 5.74) is -4.52. The van der Waals surface area contributed by atoms with Crippen LogP contribution in [-0.4, -0.2) is 84.5 Å². The van der Waals surface area contributed by atoms with Gasteiger partial charge in [0, 0.05) is 87.3 Å². The highest BCUT2D eigenvalue weighted by molar-refractivity contribution is 6.92. The highest BCUT2D eigenvalue weighted by Gasteiger charge is 2.41. The first-order chi connectivity index (χ1) is 67.1. The second kappa shape index (κ2) is 37.1. The zero-order valence-electron chi connectivity index (χ0n) is 84.7. The fourth-order valence-corrected chi connectivity index (χ4v) is 31.1. The van der Waals surface area contributed by atoms with Crippen LogP contribution in [0.5, 0.6) is 0 Å². The minimum absolute atomic E-state index is 0.0530. The SMILES string of the molecule is C[Si](C)(C)c1ccc(-c2c3nc(c(-c4ccc([Si](C)(C)C)cc4-c4cc(F)c([Si](C)(C)C)c(F)c4-c4c(F)cccc4F)c4ccc([nH]4)c(-c4ccc([Si](C)(C)C)cc4-c4cc(F)c([Si](C)(C)C)c(F)c4-c4c(F)cccc4F)c4nc(c(-c5ccc([Si](C)(C)C)cc5-c5cc(F)c([Si](C)(C)C)c(F)c5-c5c(F)cccc5F)c5ccc2[nH]5)C=C4)C=C3)c(-c2cc(F)c([Si](C)(C)C)c(F)c2-c2c(F)cccc2F)c1. The maximum Gasteiger partial charge on any atom is 0.134 e. The van der Waals surface area contributed by atoms with Crippen LogP contribution in [0.15, 0.2) is 194 Å². The summed E-state index contributed by atoms with van der Waals surface area (Å²) in [5, 5.41) is 1.43. The average Bonchev–Trinajstić information content (AvgIpc) is 1.40. The summed E-state index contributed by atoms with van der Waals surface area (Å²) < 4.78 is 287. The number of aromatic amines is 2. The van der Waals surface area contributed by atoms with E-state index in [1.807, 2.05) is 103 Å². The molecule has 0 fully saturated rings. The Morgan fingerprint density at radius 3 is 0.500 bits per heavy atom. The van der Waals surface area contributed by atoms with Crippen molar-refractivity contribution in [3.05, 3.63) is 310 Å². The second-order valence-electron chi connectivity index (χ2n) is 45.8. The molecule has 8 bridgehead atoms. The first kappa shape index (κ1) is 103. The molecule has 0 spiro atoms. The molecule has 144 heavy (non-hydrogen) atoms. The molecule has 0 unspecified atom stereocenters. The predicted molar refractivity (Wildman–Crippen MR) is 587 cm³/mol. The minimum Gasteiger partial charge on any atom is -0.354 e. The largest absolute Gasteiger partial charge is 0.354 e. The molecule has 0 amide bonds. The maximum absolute atomic E-state index is 18.9. The average molecular weight is 2090 g/mol.